The molecule has 0 bridgehead atoms. The summed E-state index contributed by atoms with van der Waals surface area (Å²) in [4.78, 5) is 16.8. The first-order valence-electron chi connectivity index (χ1n) is 4.58. The van der Waals surface area contributed by atoms with Gasteiger partial charge in [-0.05, 0) is 0 Å². The SMILES string of the molecule is O=[N+]([O-])c1c(Cl)ncnc1-n1cc(C(F)(F)F)cn1. The largest absolute Gasteiger partial charge is 0.419 e. The Balaban J connectivity index is 2.57. The van der Waals surface area contributed by atoms with Crippen molar-refractivity contribution >= 4 is 17.3 Å². The smallest absolute Gasteiger partial charge is 0.258 e. The van der Waals surface area contributed by atoms with Gasteiger partial charge in [-0.15, -0.1) is 0 Å². The zero-order valence-electron chi connectivity index (χ0n) is 8.80. The van der Waals surface area contributed by atoms with E-state index in [1.165, 1.54) is 0 Å². The van der Waals surface area contributed by atoms with Gasteiger partial charge in [-0.3, -0.25) is 10.1 Å². The van der Waals surface area contributed by atoms with Crippen LogP contribution in [0, 0.1) is 10.1 Å². The summed E-state index contributed by atoms with van der Waals surface area (Å²) >= 11 is 5.51. The normalized spacial score (nSPS) is 11.6. The van der Waals surface area contributed by atoms with Crippen molar-refractivity contribution in [2.45, 2.75) is 6.18 Å². The molecule has 7 nitrogen and oxygen atoms in total. The first kappa shape index (κ1) is 13.2. The third-order valence-electron chi connectivity index (χ3n) is 2.07. The molecule has 2 aromatic heterocycles. The Bertz CT molecular complexity index is 642. The number of aromatic nitrogens is 4. The maximum Gasteiger partial charge on any atom is 0.419 e. The maximum atomic E-state index is 12.4. The van der Waals surface area contributed by atoms with Crippen molar-refractivity contribution in [3.8, 4) is 5.82 Å². The fourth-order valence-electron chi connectivity index (χ4n) is 1.26. The van der Waals surface area contributed by atoms with Gasteiger partial charge in [-0.25, -0.2) is 14.6 Å². The van der Waals surface area contributed by atoms with Gasteiger partial charge in [0, 0.05) is 6.20 Å². The number of hydrogen-bond acceptors (Lipinski definition) is 5. The Labute approximate surface area is 107 Å². The van der Waals surface area contributed by atoms with Crippen LogP contribution in [0.3, 0.4) is 0 Å². The molecular formula is C8H3ClF3N5O2. The summed E-state index contributed by atoms with van der Waals surface area (Å²) in [5, 5.41) is 13.7. The quantitative estimate of drug-likeness (QED) is 0.481. The average molecular weight is 294 g/mol. The predicted molar refractivity (Wildman–Crippen MR) is 55.8 cm³/mol. The summed E-state index contributed by atoms with van der Waals surface area (Å²) < 4.78 is 37.8. The van der Waals surface area contributed by atoms with Crippen LogP contribution in [0.25, 0.3) is 5.82 Å². The molecule has 0 aliphatic rings. The maximum absolute atomic E-state index is 12.4. The molecule has 0 saturated heterocycles. The fraction of sp³-hybridized carbons (Fsp3) is 0.125. The topological polar surface area (TPSA) is 86.7 Å². The van der Waals surface area contributed by atoms with Gasteiger partial charge in [0.15, 0.2) is 0 Å². The molecule has 0 amide bonds. The Morgan fingerprint density at radius 2 is 2.05 bits per heavy atom. The van der Waals surface area contributed by atoms with Crippen molar-refractivity contribution < 1.29 is 18.1 Å². The van der Waals surface area contributed by atoms with Crippen LogP contribution in [0.2, 0.25) is 5.15 Å². The van der Waals surface area contributed by atoms with E-state index >= 15 is 0 Å². The Morgan fingerprint density at radius 1 is 1.37 bits per heavy atom. The van der Waals surface area contributed by atoms with Crippen LogP contribution in [0.4, 0.5) is 18.9 Å². The van der Waals surface area contributed by atoms with Gasteiger partial charge < -0.3 is 0 Å². The molecule has 0 radical (unpaired) electrons. The van der Waals surface area contributed by atoms with E-state index in [2.05, 4.69) is 15.1 Å². The average Bonchev–Trinajstić information content (AvgIpc) is 2.76. The van der Waals surface area contributed by atoms with Gasteiger partial charge in [0.05, 0.1) is 16.7 Å². The molecular weight excluding hydrogens is 291 g/mol. The van der Waals surface area contributed by atoms with E-state index in [4.69, 9.17) is 11.6 Å². The van der Waals surface area contributed by atoms with Crippen molar-refractivity contribution in [1.29, 1.82) is 0 Å². The lowest BCUT2D eigenvalue weighted by Gasteiger charge is -2.02. The van der Waals surface area contributed by atoms with Gasteiger partial charge in [-0.1, -0.05) is 11.6 Å². The third kappa shape index (κ3) is 2.47. The molecule has 0 unspecified atom stereocenters. The summed E-state index contributed by atoms with van der Waals surface area (Å²) in [6, 6.07) is 0. The third-order valence-corrected chi connectivity index (χ3v) is 2.34. The van der Waals surface area contributed by atoms with Crippen LogP contribution < -0.4 is 0 Å². The summed E-state index contributed by atoms with van der Waals surface area (Å²) in [6.45, 7) is 0. The summed E-state index contributed by atoms with van der Waals surface area (Å²) in [6.07, 6.45) is -2.62. The van der Waals surface area contributed by atoms with Gasteiger partial charge in [0.25, 0.3) is 0 Å². The van der Waals surface area contributed by atoms with E-state index < -0.39 is 33.3 Å². The second-order valence-electron chi connectivity index (χ2n) is 3.27. The molecule has 0 aliphatic heterocycles. The zero-order chi connectivity index (χ0) is 14.2. The fourth-order valence-corrected chi connectivity index (χ4v) is 1.46. The number of rotatable bonds is 2. The van der Waals surface area contributed by atoms with Crippen LogP contribution in [0.5, 0.6) is 0 Å². The molecule has 2 rings (SSSR count). The number of halogens is 4. The van der Waals surface area contributed by atoms with Crippen molar-refractivity contribution in [3.05, 3.63) is 39.6 Å². The van der Waals surface area contributed by atoms with Gasteiger partial charge in [0.1, 0.15) is 6.33 Å². The second kappa shape index (κ2) is 4.46. The van der Waals surface area contributed by atoms with Crippen molar-refractivity contribution in [2.75, 3.05) is 0 Å². The van der Waals surface area contributed by atoms with Crippen LogP contribution in [0.15, 0.2) is 18.7 Å². The van der Waals surface area contributed by atoms with Crippen molar-refractivity contribution in [3.63, 3.8) is 0 Å². The van der Waals surface area contributed by atoms with E-state index in [-0.39, 0.29) is 0 Å². The minimum absolute atomic E-state index is 0.444. The molecule has 11 heteroatoms. The summed E-state index contributed by atoms with van der Waals surface area (Å²) in [7, 11) is 0. The molecule has 0 saturated carbocycles. The van der Waals surface area contributed by atoms with Crippen LogP contribution in [-0.4, -0.2) is 24.7 Å². The number of nitro groups is 1. The minimum atomic E-state index is -4.61. The molecule has 0 N–H and O–H groups in total. The summed E-state index contributed by atoms with van der Waals surface area (Å²) in [5.74, 6) is -0.444. The van der Waals surface area contributed by atoms with E-state index in [0.29, 0.717) is 17.1 Å². The number of nitrogens with zero attached hydrogens (tertiary/aromatic N) is 5. The number of hydrogen-bond donors (Lipinski definition) is 0. The highest BCUT2D eigenvalue weighted by molar-refractivity contribution is 6.31. The van der Waals surface area contributed by atoms with E-state index in [1.807, 2.05) is 0 Å². The van der Waals surface area contributed by atoms with Crippen LogP contribution in [-0.2, 0) is 6.18 Å². The van der Waals surface area contributed by atoms with Gasteiger partial charge >= 0.3 is 11.9 Å². The van der Waals surface area contributed by atoms with E-state index in [1.54, 1.807) is 0 Å². The lowest BCUT2D eigenvalue weighted by Crippen LogP contribution is -2.06. The molecule has 0 aromatic carbocycles. The minimum Gasteiger partial charge on any atom is -0.258 e. The van der Waals surface area contributed by atoms with E-state index in [9.17, 15) is 23.3 Å². The molecule has 0 atom stereocenters. The lowest BCUT2D eigenvalue weighted by molar-refractivity contribution is -0.385. The van der Waals surface area contributed by atoms with Crippen molar-refractivity contribution in [2.24, 2.45) is 0 Å². The van der Waals surface area contributed by atoms with Crippen molar-refractivity contribution in [1.82, 2.24) is 19.7 Å². The first-order chi connectivity index (χ1) is 8.80. The number of alkyl halides is 3. The standard InChI is InChI=1S/C8H3ClF3N5O2/c9-6-5(17(18)19)7(14-3-13-6)16-2-4(1-15-16)8(10,11)12/h1-3H. The highest BCUT2D eigenvalue weighted by atomic mass is 35.5. The highest BCUT2D eigenvalue weighted by Gasteiger charge is 2.33. The van der Waals surface area contributed by atoms with Gasteiger partial charge in [-0.2, -0.15) is 18.3 Å². The molecule has 2 heterocycles. The molecule has 100 valence electrons. The molecule has 0 fully saturated rings. The molecule has 0 spiro atoms. The van der Waals surface area contributed by atoms with Gasteiger partial charge in [0.2, 0.25) is 11.0 Å². The molecule has 0 aliphatic carbocycles. The monoisotopic (exact) mass is 293 g/mol. The summed E-state index contributed by atoms with van der Waals surface area (Å²) in [5.41, 5.74) is -1.78. The van der Waals surface area contributed by atoms with Crippen LogP contribution >= 0.6 is 11.6 Å². The Hall–Kier alpha value is -2.23. The first-order valence-corrected chi connectivity index (χ1v) is 4.95. The Morgan fingerprint density at radius 3 is 2.58 bits per heavy atom. The highest BCUT2D eigenvalue weighted by Crippen LogP contribution is 2.31. The second-order valence-corrected chi connectivity index (χ2v) is 3.62. The lowest BCUT2D eigenvalue weighted by atomic mass is 10.3. The molecule has 2 aromatic rings. The zero-order valence-corrected chi connectivity index (χ0v) is 9.55. The molecule has 19 heavy (non-hydrogen) atoms. The van der Waals surface area contributed by atoms with E-state index in [0.717, 1.165) is 6.33 Å². The predicted octanol–water partition coefficient (Wildman–Crippen LogP) is 2.24. The Kier molecular flexibility index (Phi) is 3.10. The van der Waals surface area contributed by atoms with Crippen LogP contribution in [0.1, 0.15) is 5.56 Å².